The van der Waals surface area contributed by atoms with E-state index < -0.39 is 70.6 Å². The Morgan fingerprint density at radius 3 is 2.30 bits per heavy atom. The zero-order valence-electron chi connectivity index (χ0n) is 42.0. The van der Waals surface area contributed by atoms with Crippen LogP contribution in [0, 0.1) is 24.0 Å². The molecular weight excluding hydrogens is 934 g/mol. The van der Waals surface area contributed by atoms with Gasteiger partial charge in [0.25, 0.3) is 0 Å². The summed E-state index contributed by atoms with van der Waals surface area (Å²) >= 11 is 1.56. The number of carbonyl (C=O) groups excluding carboxylic acids is 4. The van der Waals surface area contributed by atoms with Crippen molar-refractivity contribution in [3.63, 3.8) is 0 Å². The number of hydrogen-bond acceptors (Lipinski definition) is 10. The Kier molecular flexibility index (Phi) is 17.0. The zero-order chi connectivity index (χ0) is 51.2. The van der Waals surface area contributed by atoms with Crippen molar-refractivity contribution < 1.29 is 46.6 Å². The number of ether oxygens (including phenoxy) is 3. The van der Waals surface area contributed by atoms with Crippen LogP contribution in [-0.4, -0.2) is 106 Å². The number of unbranched alkanes of at least 4 members (excludes halogenated alkanes) is 3. The molecule has 5 aromatic rings. The van der Waals surface area contributed by atoms with Gasteiger partial charge >= 0.3 is 5.97 Å². The lowest BCUT2D eigenvalue weighted by Crippen LogP contribution is -2.58. The molecule has 71 heavy (non-hydrogen) atoms. The van der Waals surface area contributed by atoms with E-state index in [9.17, 15) is 19.2 Å². The van der Waals surface area contributed by atoms with E-state index in [4.69, 9.17) is 14.2 Å². The van der Waals surface area contributed by atoms with E-state index in [1.54, 1.807) is 16.8 Å². The zero-order valence-corrected chi connectivity index (χ0v) is 42.8. The first-order valence-corrected chi connectivity index (χ1v) is 25.3. The van der Waals surface area contributed by atoms with Crippen LogP contribution < -0.4 is 15.4 Å². The number of likely N-dealkylation sites (tertiary alicyclic amines) is 1. The average Bonchev–Trinajstić information content (AvgIpc) is 4.03. The van der Waals surface area contributed by atoms with Gasteiger partial charge in [-0.2, -0.15) is 0 Å². The lowest BCUT2D eigenvalue weighted by atomic mass is 9.85. The predicted octanol–water partition coefficient (Wildman–Crippen LogP) is 9.30. The smallest absolute Gasteiger partial charge is 0.302 e. The predicted molar refractivity (Wildman–Crippen MR) is 268 cm³/mol. The monoisotopic (exact) mass is 1000 g/mol. The molecule has 3 amide bonds. The van der Waals surface area contributed by atoms with Crippen molar-refractivity contribution in [2.45, 2.75) is 136 Å². The van der Waals surface area contributed by atoms with Crippen LogP contribution in [0.25, 0.3) is 21.3 Å². The van der Waals surface area contributed by atoms with Gasteiger partial charge in [-0.05, 0) is 81.5 Å². The van der Waals surface area contributed by atoms with Crippen LogP contribution in [0.1, 0.15) is 115 Å². The van der Waals surface area contributed by atoms with Crippen molar-refractivity contribution >= 4 is 45.9 Å². The quantitative estimate of drug-likeness (QED) is 0.0511. The lowest BCUT2D eigenvalue weighted by Gasteiger charge is -2.43. The molecule has 3 aromatic carbocycles. The molecule has 2 aromatic heterocycles. The molecular formula is C54H67F3N6O7S. The van der Waals surface area contributed by atoms with Crippen LogP contribution in [0.2, 0.25) is 0 Å². The number of aryl methyl sites for hydroxylation is 1. The van der Waals surface area contributed by atoms with Crippen LogP contribution in [0.3, 0.4) is 0 Å². The number of amides is 3. The third kappa shape index (κ3) is 13.2. The molecule has 2 aliphatic rings. The number of esters is 1. The van der Waals surface area contributed by atoms with E-state index in [-0.39, 0.29) is 63.2 Å². The minimum absolute atomic E-state index is 0.00332. The molecule has 0 unspecified atom stereocenters. The number of fused-ring (bicyclic) bond motifs is 3. The molecule has 5 atom stereocenters. The van der Waals surface area contributed by atoms with E-state index in [2.05, 4.69) is 20.6 Å². The molecule has 0 aliphatic carbocycles. The Hall–Kier alpha value is -5.78. The Bertz CT molecular complexity index is 2650. The molecule has 382 valence electrons. The second-order valence-corrected chi connectivity index (χ2v) is 21.4. The molecule has 1 saturated heterocycles. The highest BCUT2D eigenvalue weighted by Gasteiger charge is 2.46. The molecule has 0 radical (unpaired) electrons. The van der Waals surface area contributed by atoms with E-state index in [1.807, 2.05) is 88.0 Å². The van der Waals surface area contributed by atoms with Gasteiger partial charge in [0.05, 0.1) is 35.3 Å². The van der Waals surface area contributed by atoms with E-state index in [0.29, 0.717) is 25.0 Å². The second kappa shape index (κ2) is 22.7. The number of aromatic nitrogens is 2. The van der Waals surface area contributed by atoms with Gasteiger partial charge < -0.3 is 34.7 Å². The Morgan fingerprint density at radius 1 is 0.958 bits per heavy atom. The van der Waals surface area contributed by atoms with Crippen molar-refractivity contribution in [1.29, 1.82) is 0 Å². The largest absolute Gasteiger partial charge is 0.493 e. The van der Waals surface area contributed by atoms with Gasteiger partial charge in [-0.3, -0.25) is 24.1 Å². The maximum absolute atomic E-state index is 16.1. The summed E-state index contributed by atoms with van der Waals surface area (Å²) in [7, 11) is 0. The first-order chi connectivity index (χ1) is 33.7. The fourth-order valence-electron chi connectivity index (χ4n) is 9.71. The molecule has 3 N–H and O–H groups in total. The maximum Gasteiger partial charge on any atom is 0.302 e. The molecule has 0 bridgehead atoms. The number of thiazole rings is 1. The summed E-state index contributed by atoms with van der Waals surface area (Å²) in [5.74, 6) is -3.36. The number of halogens is 3. The maximum atomic E-state index is 16.1. The van der Waals surface area contributed by atoms with Crippen LogP contribution >= 0.6 is 11.3 Å². The number of alkyl halides is 1. The summed E-state index contributed by atoms with van der Waals surface area (Å²) in [6.07, 6.45) is 2.73. The summed E-state index contributed by atoms with van der Waals surface area (Å²) < 4.78 is 64.3. The molecule has 0 spiro atoms. The molecule has 13 nitrogen and oxygen atoms in total. The van der Waals surface area contributed by atoms with Gasteiger partial charge in [-0.15, -0.1) is 11.3 Å². The normalized spacial score (nSPS) is 18.8. The SMILES string of the molecule is CC(=O)O[C@@H]1C[C@@H](C(=O)NCc2ccc(-c3scnc3C)cc2)N(C(=O)[C@@H](NC(=O)COCCCCCCOc2cc(F)c([C@@H]3c4[nH]c5ccccc5c4C[C@@H](C)N3CC(C)(C)F)c(F)c2)C(C)(C)C)C1. The van der Waals surface area contributed by atoms with E-state index >= 15 is 13.2 Å². The highest BCUT2D eigenvalue weighted by atomic mass is 32.1. The van der Waals surface area contributed by atoms with Gasteiger partial charge in [-0.25, -0.2) is 18.2 Å². The summed E-state index contributed by atoms with van der Waals surface area (Å²) in [6.45, 7) is 14.0. The summed E-state index contributed by atoms with van der Waals surface area (Å²) in [6, 6.07) is 14.9. The Morgan fingerprint density at radius 2 is 1.65 bits per heavy atom. The van der Waals surface area contributed by atoms with Crippen molar-refractivity contribution in [3.05, 3.63) is 106 Å². The van der Waals surface area contributed by atoms with Gasteiger partial charge in [0, 0.05) is 73.4 Å². The van der Waals surface area contributed by atoms with Crippen LogP contribution in [0.5, 0.6) is 5.75 Å². The average molecular weight is 1000 g/mol. The standard InChI is InChI=1S/C54H67F3N6O7S/c1-32-23-40-39-15-11-12-16-43(39)60-47(40)48(63(32)30-54(7,8)57)46-41(55)24-37(25-42(46)56)69-22-14-10-9-13-21-68-29-45(65)61-50(53(4,5)6)52(67)62-28-38(70-34(3)64)26-44(62)51(66)58-27-35-17-19-36(20-18-35)49-33(2)59-31-71-49/h11-12,15-20,24-25,31-32,38,44,48,50,60H,9-10,13-14,21-23,26-30H2,1-8H3,(H,58,66)(H,61,65)/t32-,38-,44+,48-,50-/m1/s1. The van der Waals surface area contributed by atoms with E-state index in [0.717, 1.165) is 51.0 Å². The fraction of sp³-hybridized carbons (Fsp3) is 0.500. The number of nitrogens with zero attached hydrogens (tertiary/aromatic N) is 3. The van der Waals surface area contributed by atoms with Crippen LogP contribution in [0.4, 0.5) is 13.2 Å². The number of carbonyl (C=O) groups is 4. The van der Waals surface area contributed by atoms with Crippen molar-refractivity contribution in [3.8, 4) is 16.2 Å². The first kappa shape index (κ1) is 53.0. The van der Waals surface area contributed by atoms with Crippen LogP contribution in [-0.2, 0) is 41.6 Å². The number of para-hydroxylation sites is 1. The highest BCUT2D eigenvalue weighted by Crippen LogP contribution is 2.44. The minimum Gasteiger partial charge on any atom is -0.493 e. The lowest BCUT2D eigenvalue weighted by molar-refractivity contribution is -0.147. The van der Waals surface area contributed by atoms with Gasteiger partial charge in [0.2, 0.25) is 17.7 Å². The van der Waals surface area contributed by atoms with Crippen LogP contribution in [0.15, 0.2) is 66.2 Å². The van der Waals surface area contributed by atoms with E-state index in [1.165, 1.54) is 37.8 Å². The number of nitrogens with one attached hydrogen (secondary N) is 3. The number of aromatic amines is 1. The number of rotatable bonds is 20. The third-order valence-corrected chi connectivity index (χ3v) is 14.1. The van der Waals surface area contributed by atoms with Crippen molar-refractivity contribution in [1.82, 2.24) is 30.4 Å². The molecule has 2 aliphatic heterocycles. The Balaban J connectivity index is 0.865. The first-order valence-electron chi connectivity index (χ1n) is 24.5. The second-order valence-electron chi connectivity index (χ2n) is 20.5. The van der Waals surface area contributed by atoms with Gasteiger partial charge in [0.15, 0.2) is 0 Å². The van der Waals surface area contributed by atoms with Gasteiger partial charge in [0.1, 0.15) is 47.8 Å². The molecule has 0 saturated carbocycles. The fourth-order valence-corrected chi connectivity index (χ4v) is 10.5. The molecule has 1 fully saturated rings. The highest BCUT2D eigenvalue weighted by molar-refractivity contribution is 7.13. The number of benzene rings is 3. The molecule has 17 heteroatoms. The topological polar surface area (TPSA) is 155 Å². The summed E-state index contributed by atoms with van der Waals surface area (Å²) in [5.41, 5.74) is 4.63. The molecule has 4 heterocycles. The summed E-state index contributed by atoms with van der Waals surface area (Å²) in [4.78, 5) is 65.1. The van der Waals surface area contributed by atoms with Gasteiger partial charge in [-0.1, -0.05) is 69.7 Å². The minimum atomic E-state index is -1.61. The Labute approximate surface area is 418 Å². The third-order valence-electron chi connectivity index (χ3n) is 13.1. The summed E-state index contributed by atoms with van der Waals surface area (Å²) in [5, 5.41) is 6.75. The number of hydrogen-bond donors (Lipinski definition) is 3. The van der Waals surface area contributed by atoms with Crippen molar-refractivity contribution in [2.24, 2.45) is 5.41 Å². The number of H-pyrrole nitrogens is 1. The van der Waals surface area contributed by atoms with Crippen molar-refractivity contribution in [2.75, 3.05) is 32.9 Å². The molecule has 7 rings (SSSR count).